The van der Waals surface area contributed by atoms with Crippen molar-refractivity contribution in [3.63, 3.8) is 0 Å². The first-order chi connectivity index (χ1) is 6.13. The highest BCUT2D eigenvalue weighted by Gasteiger charge is 2.20. The zero-order valence-corrected chi connectivity index (χ0v) is 8.62. The maximum Gasteiger partial charge on any atom is 0.146 e. The SMILES string of the molecule is CC1CCC(/C=C(\C=O)C(C)C)O1. The van der Waals surface area contributed by atoms with Crippen molar-refractivity contribution < 1.29 is 9.53 Å². The lowest BCUT2D eigenvalue weighted by Crippen LogP contribution is -2.08. The van der Waals surface area contributed by atoms with Gasteiger partial charge in [-0.15, -0.1) is 0 Å². The van der Waals surface area contributed by atoms with E-state index in [-0.39, 0.29) is 6.10 Å². The topological polar surface area (TPSA) is 26.3 Å². The highest BCUT2D eigenvalue weighted by atomic mass is 16.5. The number of ether oxygens (including phenoxy) is 1. The molecule has 2 heteroatoms. The molecule has 74 valence electrons. The van der Waals surface area contributed by atoms with Gasteiger partial charge in [-0.2, -0.15) is 0 Å². The first kappa shape index (κ1) is 10.5. The van der Waals surface area contributed by atoms with Crippen molar-refractivity contribution in [3.8, 4) is 0 Å². The van der Waals surface area contributed by atoms with Gasteiger partial charge in [-0.25, -0.2) is 0 Å². The molecule has 2 nitrogen and oxygen atoms in total. The summed E-state index contributed by atoms with van der Waals surface area (Å²) in [6, 6.07) is 0. The van der Waals surface area contributed by atoms with Crippen molar-refractivity contribution in [3.05, 3.63) is 11.6 Å². The van der Waals surface area contributed by atoms with Crippen LogP contribution in [-0.4, -0.2) is 18.5 Å². The zero-order valence-electron chi connectivity index (χ0n) is 8.62. The molecule has 0 amide bonds. The Hall–Kier alpha value is -0.630. The summed E-state index contributed by atoms with van der Waals surface area (Å²) in [7, 11) is 0. The molecule has 2 atom stereocenters. The van der Waals surface area contributed by atoms with Crippen LogP contribution in [0.3, 0.4) is 0 Å². The molecule has 0 aromatic rings. The Balaban J connectivity index is 2.57. The summed E-state index contributed by atoms with van der Waals surface area (Å²) in [4.78, 5) is 10.7. The van der Waals surface area contributed by atoms with Gasteiger partial charge in [-0.1, -0.05) is 13.8 Å². The van der Waals surface area contributed by atoms with Gasteiger partial charge >= 0.3 is 0 Å². The van der Waals surface area contributed by atoms with E-state index in [4.69, 9.17) is 4.74 Å². The fourth-order valence-electron chi connectivity index (χ4n) is 1.54. The molecule has 0 spiro atoms. The molecule has 0 saturated carbocycles. The van der Waals surface area contributed by atoms with Crippen LogP contribution in [0, 0.1) is 5.92 Å². The van der Waals surface area contributed by atoms with Crippen LogP contribution < -0.4 is 0 Å². The molecule has 1 heterocycles. The van der Waals surface area contributed by atoms with E-state index in [0.717, 1.165) is 24.7 Å². The molecule has 0 bridgehead atoms. The Labute approximate surface area is 80.0 Å². The third-order valence-electron chi connectivity index (χ3n) is 2.45. The second-order valence-corrected chi connectivity index (χ2v) is 4.00. The highest BCUT2D eigenvalue weighted by Crippen LogP contribution is 2.22. The second kappa shape index (κ2) is 4.56. The van der Waals surface area contributed by atoms with Crippen LogP contribution in [0.2, 0.25) is 0 Å². The molecule has 0 aliphatic carbocycles. The van der Waals surface area contributed by atoms with Crippen LogP contribution in [-0.2, 0) is 9.53 Å². The molecule has 1 aliphatic rings. The summed E-state index contributed by atoms with van der Waals surface area (Å²) in [6.45, 7) is 6.13. The summed E-state index contributed by atoms with van der Waals surface area (Å²) in [6.07, 6.45) is 5.58. The Bertz CT molecular complexity index is 206. The summed E-state index contributed by atoms with van der Waals surface area (Å²) >= 11 is 0. The highest BCUT2D eigenvalue weighted by molar-refractivity contribution is 5.73. The van der Waals surface area contributed by atoms with Crippen molar-refractivity contribution in [1.29, 1.82) is 0 Å². The summed E-state index contributed by atoms with van der Waals surface area (Å²) in [5.74, 6) is 0.303. The van der Waals surface area contributed by atoms with Crippen molar-refractivity contribution in [2.45, 2.75) is 45.8 Å². The normalized spacial score (nSPS) is 29.7. The standard InChI is InChI=1S/C11H18O2/c1-8(2)10(7-12)6-11-5-4-9(3)13-11/h6-9,11H,4-5H2,1-3H3/b10-6+. The largest absolute Gasteiger partial charge is 0.371 e. The average molecular weight is 182 g/mol. The molecule has 1 saturated heterocycles. The van der Waals surface area contributed by atoms with E-state index in [0.29, 0.717) is 12.0 Å². The van der Waals surface area contributed by atoms with Crippen LogP contribution in [0.4, 0.5) is 0 Å². The Morgan fingerprint density at radius 2 is 2.15 bits per heavy atom. The molecule has 2 unspecified atom stereocenters. The fourth-order valence-corrected chi connectivity index (χ4v) is 1.54. The minimum absolute atomic E-state index is 0.164. The van der Waals surface area contributed by atoms with E-state index in [1.807, 2.05) is 19.9 Å². The van der Waals surface area contributed by atoms with Gasteiger partial charge in [0.15, 0.2) is 0 Å². The van der Waals surface area contributed by atoms with Crippen LogP contribution in [0.1, 0.15) is 33.6 Å². The third-order valence-corrected chi connectivity index (χ3v) is 2.45. The van der Waals surface area contributed by atoms with E-state index in [1.165, 1.54) is 0 Å². The molecule has 0 N–H and O–H groups in total. The number of hydrogen-bond acceptors (Lipinski definition) is 2. The number of carbonyl (C=O) groups is 1. The van der Waals surface area contributed by atoms with E-state index in [2.05, 4.69) is 6.92 Å². The van der Waals surface area contributed by atoms with Crippen molar-refractivity contribution in [2.75, 3.05) is 0 Å². The Kier molecular flexibility index (Phi) is 3.67. The van der Waals surface area contributed by atoms with Gasteiger partial charge in [0.1, 0.15) is 6.29 Å². The van der Waals surface area contributed by atoms with Gasteiger partial charge in [0.25, 0.3) is 0 Å². The number of rotatable bonds is 3. The van der Waals surface area contributed by atoms with Gasteiger partial charge in [-0.3, -0.25) is 4.79 Å². The monoisotopic (exact) mass is 182 g/mol. The van der Waals surface area contributed by atoms with Gasteiger partial charge in [-0.05, 0) is 37.3 Å². The zero-order chi connectivity index (χ0) is 9.84. The van der Waals surface area contributed by atoms with Gasteiger partial charge in [0.05, 0.1) is 12.2 Å². The van der Waals surface area contributed by atoms with Gasteiger partial charge in [0, 0.05) is 0 Å². The van der Waals surface area contributed by atoms with Crippen LogP contribution in [0.15, 0.2) is 11.6 Å². The lowest BCUT2D eigenvalue weighted by atomic mass is 10.0. The molecule has 1 aliphatic heterocycles. The molecular formula is C11H18O2. The summed E-state index contributed by atoms with van der Waals surface area (Å²) in [5, 5.41) is 0. The molecule has 13 heavy (non-hydrogen) atoms. The van der Waals surface area contributed by atoms with Gasteiger partial charge in [0.2, 0.25) is 0 Å². The van der Waals surface area contributed by atoms with E-state index in [1.54, 1.807) is 0 Å². The molecule has 0 aromatic carbocycles. The Morgan fingerprint density at radius 3 is 2.54 bits per heavy atom. The van der Waals surface area contributed by atoms with Crippen molar-refractivity contribution in [2.24, 2.45) is 5.92 Å². The lowest BCUT2D eigenvalue weighted by Gasteiger charge is -2.09. The molecule has 0 aromatic heterocycles. The second-order valence-electron chi connectivity index (χ2n) is 4.00. The number of carbonyl (C=O) groups excluding carboxylic acids is 1. The first-order valence-corrected chi connectivity index (χ1v) is 4.96. The quantitative estimate of drug-likeness (QED) is 0.494. The number of allylic oxidation sites excluding steroid dienone is 1. The van der Waals surface area contributed by atoms with E-state index >= 15 is 0 Å². The molecular weight excluding hydrogens is 164 g/mol. The van der Waals surface area contributed by atoms with Crippen molar-refractivity contribution >= 4 is 6.29 Å². The Morgan fingerprint density at radius 1 is 1.46 bits per heavy atom. The maximum atomic E-state index is 10.7. The summed E-state index contributed by atoms with van der Waals surface area (Å²) in [5.41, 5.74) is 0.860. The molecule has 1 fully saturated rings. The maximum absolute atomic E-state index is 10.7. The summed E-state index contributed by atoms with van der Waals surface area (Å²) < 4.78 is 5.61. The lowest BCUT2D eigenvalue weighted by molar-refractivity contribution is -0.105. The third kappa shape index (κ3) is 2.96. The predicted molar refractivity (Wildman–Crippen MR) is 52.6 cm³/mol. The van der Waals surface area contributed by atoms with Gasteiger partial charge < -0.3 is 4.74 Å². The minimum Gasteiger partial charge on any atom is -0.371 e. The van der Waals surface area contributed by atoms with Crippen LogP contribution in [0.25, 0.3) is 0 Å². The first-order valence-electron chi connectivity index (χ1n) is 4.96. The fraction of sp³-hybridized carbons (Fsp3) is 0.727. The molecule has 1 rings (SSSR count). The minimum atomic E-state index is 0.164. The van der Waals surface area contributed by atoms with E-state index in [9.17, 15) is 4.79 Å². The van der Waals surface area contributed by atoms with E-state index < -0.39 is 0 Å². The van der Waals surface area contributed by atoms with Crippen LogP contribution >= 0.6 is 0 Å². The van der Waals surface area contributed by atoms with Crippen molar-refractivity contribution in [1.82, 2.24) is 0 Å². The number of hydrogen-bond donors (Lipinski definition) is 0. The number of aldehydes is 1. The smallest absolute Gasteiger partial charge is 0.146 e. The molecule has 0 radical (unpaired) electrons. The van der Waals surface area contributed by atoms with Crippen LogP contribution in [0.5, 0.6) is 0 Å². The predicted octanol–water partition coefficient (Wildman–Crippen LogP) is 2.34. The average Bonchev–Trinajstić information content (AvgIpc) is 2.46.